The molecule has 8 nitrogen and oxygen atoms in total. The lowest BCUT2D eigenvalue weighted by atomic mass is 10.0. The van der Waals surface area contributed by atoms with Gasteiger partial charge in [-0.25, -0.2) is 0 Å². The maximum absolute atomic E-state index is 14.5. The van der Waals surface area contributed by atoms with E-state index in [1.807, 2.05) is 67.6 Å². The molecule has 0 saturated heterocycles. The van der Waals surface area contributed by atoms with Gasteiger partial charge in [0.25, 0.3) is 5.08 Å². The molecule has 0 spiro atoms. The predicted octanol–water partition coefficient (Wildman–Crippen LogP) is 8.76. The largest absolute Gasteiger partial charge is 0.370 e. The summed E-state index contributed by atoms with van der Waals surface area (Å²) in [6, 6.07) is 36.0. The fraction of sp³-hybridized carbons (Fsp3) is 0.294. The van der Waals surface area contributed by atoms with Gasteiger partial charge in [-0.15, -0.1) is 0 Å². The van der Waals surface area contributed by atoms with Crippen LogP contribution in [0.2, 0.25) is 0 Å². The van der Waals surface area contributed by atoms with E-state index in [9.17, 15) is 23.7 Å². The minimum Gasteiger partial charge on any atom is -0.369 e. The van der Waals surface area contributed by atoms with E-state index in [1.54, 1.807) is 60.7 Å². The second-order valence-electron chi connectivity index (χ2n) is 10.8. The maximum Gasteiger partial charge on any atom is 0.370 e. The molecule has 0 amide bonds. The van der Waals surface area contributed by atoms with Gasteiger partial charge in [-0.1, -0.05) is 141 Å². The SMILES string of the molecule is CCCCC([PH](=O)OCc1ccccc1)C(O)([PH](=O)OCc1ccccc1)P(=O)(O)OC(Cc1ccccc1)c1ccccc1. The highest BCUT2D eigenvalue weighted by Gasteiger charge is 2.61. The Bertz CT molecular complexity index is 1540. The molecule has 0 fully saturated rings. The monoisotopic (exact) mass is 670 g/mol. The van der Waals surface area contributed by atoms with Crippen LogP contribution in [-0.4, -0.2) is 20.7 Å². The van der Waals surface area contributed by atoms with Crippen molar-refractivity contribution in [2.75, 3.05) is 0 Å². The Balaban J connectivity index is 1.72. The van der Waals surface area contributed by atoms with E-state index in [-0.39, 0.29) is 26.1 Å². The third-order valence-electron chi connectivity index (χ3n) is 7.49. The van der Waals surface area contributed by atoms with Crippen molar-refractivity contribution in [2.24, 2.45) is 0 Å². The minimum absolute atomic E-state index is 0.00723. The highest BCUT2D eigenvalue weighted by molar-refractivity contribution is 7.69. The normalized spacial score (nSPS) is 17.0. The van der Waals surface area contributed by atoms with Gasteiger partial charge in [-0.3, -0.25) is 18.2 Å². The molecule has 2 N–H and O–H groups in total. The zero-order chi connectivity index (χ0) is 32.1. The summed E-state index contributed by atoms with van der Waals surface area (Å²) in [5.41, 5.74) is 1.30. The van der Waals surface area contributed by atoms with Gasteiger partial charge < -0.3 is 19.0 Å². The molecule has 0 aliphatic carbocycles. The molecule has 0 bridgehead atoms. The van der Waals surface area contributed by atoms with Crippen molar-refractivity contribution >= 4 is 23.7 Å². The van der Waals surface area contributed by atoms with Crippen LogP contribution in [0.25, 0.3) is 0 Å². The van der Waals surface area contributed by atoms with E-state index in [4.69, 9.17) is 13.6 Å². The van der Waals surface area contributed by atoms with Crippen molar-refractivity contribution in [2.45, 2.75) is 62.7 Å². The summed E-state index contributed by atoms with van der Waals surface area (Å²) in [7, 11) is -12.4. The Morgan fingerprint density at radius 3 is 1.71 bits per heavy atom. The molecule has 4 rings (SSSR count). The fourth-order valence-electron chi connectivity index (χ4n) is 4.97. The number of unbranched alkanes of at least 4 members (excludes halogenated alkanes) is 1. The molecule has 0 saturated carbocycles. The van der Waals surface area contributed by atoms with Gasteiger partial charge in [0.05, 0.1) is 25.0 Å². The lowest BCUT2D eigenvalue weighted by molar-refractivity contribution is 0.0936. The Labute approximate surface area is 266 Å². The lowest BCUT2D eigenvalue weighted by Crippen LogP contribution is -2.38. The Morgan fingerprint density at radius 1 is 0.733 bits per heavy atom. The van der Waals surface area contributed by atoms with E-state index in [2.05, 4.69) is 0 Å². The highest BCUT2D eigenvalue weighted by Crippen LogP contribution is 2.72. The van der Waals surface area contributed by atoms with Crippen molar-refractivity contribution in [3.63, 3.8) is 0 Å². The number of benzene rings is 4. The molecule has 0 heterocycles. The van der Waals surface area contributed by atoms with Crippen LogP contribution >= 0.6 is 23.7 Å². The van der Waals surface area contributed by atoms with Crippen molar-refractivity contribution < 1.29 is 37.3 Å². The Kier molecular flexibility index (Phi) is 13.6. The first kappa shape index (κ1) is 35.2. The molecule has 4 aromatic carbocycles. The van der Waals surface area contributed by atoms with E-state index >= 15 is 0 Å². The first-order valence-corrected chi connectivity index (χ1v) is 19.3. The van der Waals surface area contributed by atoms with Crippen LogP contribution in [0.4, 0.5) is 0 Å². The number of aliphatic hydroxyl groups is 1. The zero-order valence-electron chi connectivity index (χ0n) is 25.2. The van der Waals surface area contributed by atoms with Crippen LogP contribution < -0.4 is 0 Å². The smallest absolute Gasteiger partial charge is 0.369 e. The molecule has 0 radical (unpaired) electrons. The molecule has 11 heteroatoms. The first-order chi connectivity index (χ1) is 21.7. The van der Waals surface area contributed by atoms with Crippen LogP contribution in [0.3, 0.4) is 0 Å². The molecule has 6 atom stereocenters. The number of hydrogen-bond acceptors (Lipinski definition) is 7. The molecular weight excluding hydrogens is 629 g/mol. The molecule has 45 heavy (non-hydrogen) atoms. The average Bonchev–Trinajstić information content (AvgIpc) is 3.07. The molecule has 0 aromatic heterocycles. The van der Waals surface area contributed by atoms with E-state index in [0.717, 1.165) is 11.1 Å². The summed E-state index contributed by atoms with van der Waals surface area (Å²) < 4.78 is 59.8. The number of rotatable bonds is 18. The van der Waals surface area contributed by atoms with Gasteiger partial charge in [0.15, 0.2) is 8.03 Å². The fourth-order valence-corrected chi connectivity index (χ4v) is 11.2. The second-order valence-corrected chi connectivity index (χ2v) is 16.4. The molecule has 0 aliphatic heterocycles. The first-order valence-electron chi connectivity index (χ1n) is 15.0. The van der Waals surface area contributed by atoms with Gasteiger partial charge in [0.1, 0.15) is 0 Å². The molecular formula is C34H41O8P3. The third-order valence-corrected chi connectivity index (χ3v) is 14.2. The summed E-state index contributed by atoms with van der Waals surface area (Å²) in [5, 5.41) is 9.31. The van der Waals surface area contributed by atoms with Gasteiger partial charge in [0.2, 0.25) is 8.03 Å². The van der Waals surface area contributed by atoms with Crippen molar-refractivity contribution in [3.05, 3.63) is 144 Å². The molecule has 0 aliphatic rings. The van der Waals surface area contributed by atoms with Crippen LogP contribution in [0.1, 0.15) is 54.5 Å². The van der Waals surface area contributed by atoms with Crippen LogP contribution in [0, 0.1) is 0 Å². The third kappa shape index (κ3) is 9.68. The van der Waals surface area contributed by atoms with Crippen molar-refractivity contribution in [1.82, 2.24) is 0 Å². The summed E-state index contributed by atoms with van der Waals surface area (Å²) in [5.74, 6) is 0. The Hall–Kier alpha value is -2.63. The van der Waals surface area contributed by atoms with Crippen LogP contribution in [-0.2, 0) is 46.9 Å². The lowest BCUT2D eigenvalue weighted by Gasteiger charge is -2.38. The quantitative estimate of drug-likeness (QED) is 0.101. The predicted molar refractivity (Wildman–Crippen MR) is 179 cm³/mol. The summed E-state index contributed by atoms with van der Waals surface area (Å²) in [6.45, 7) is 1.65. The number of hydrogen-bond donors (Lipinski definition) is 2. The van der Waals surface area contributed by atoms with E-state index < -0.39 is 40.5 Å². The summed E-state index contributed by atoms with van der Waals surface area (Å²) >= 11 is 0. The topological polar surface area (TPSA) is 119 Å². The van der Waals surface area contributed by atoms with Crippen molar-refractivity contribution in [1.29, 1.82) is 0 Å². The van der Waals surface area contributed by atoms with E-state index in [1.165, 1.54) is 0 Å². The summed E-state index contributed by atoms with van der Waals surface area (Å²) in [6.07, 6.45) is 0.255. The zero-order valence-corrected chi connectivity index (χ0v) is 28.1. The summed E-state index contributed by atoms with van der Waals surface area (Å²) in [4.78, 5) is 11.8. The minimum atomic E-state index is -5.29. The van der Waals surface area contributed by atoms with Crippen LogP contribution in [0.15, 0.2) is 121 Å². The molecule has 6 unspecified atom stereocenters. The standard InChI is InChI=1S/C34H41O8P3/c1-2-3-24-33(43(36)40-26-29-18-10-5-11-19-29)34(35,44(37)41-27-30-20-12-6-13-21-30)45(38,39)42-32(31-22-14-7-15-23-31)25-28-16-8-4-9-17-28/h4-23,32-33,35,43-44H,2-3,24-27H2,1H3,(H,38,39). The second kappa shape index (κ2) is 17.3. The average molecular weight is 671 g/mol. The molecule has 240 valence electrons. The van der Waals surface area contributed by atoms with Gasteiger partial charge in [0, 0.05) is 6.42 Å². The van der Waals surface area contributed by atoms with Gasteiger partial charge >= 0.3 is 7.60 Å². The van der Waals surface area contributed by atoms with E-state index in [0.29, 0.717) is 24.0 Å². The highest BCUT2D eigenvalue weighted by atomic mass is 31.2. The van der Waals surface area contributed by atoms with Gasteiger partial charge in [-0.05, 0) is 28.7 Å². The maximum atomic E-state index is 14.5. The van der Waals surface area contributed by atoms with Crippen molar-refractivity contribution in [3.8, 4) is 0 Å². The van der Waals surface area contributed by atoms with Gasteiger partial charge in [-0.2, -0.15) is 0 Å². The Morgan fingerprint density at radius 2 is 1.20 bits per heavy atom. The van der Waals surface area contributed by atoms with Crippen LogP contribution in [0.5, 0.6) is 0 Å². The molecule has 4 aromatic rings.